The average molecular weight is 276 g/mol. The molecule has 1 aromatic carbocycles. The highest BCUT2D eigenvalue weighted by atomic mass is 16.5. The molecule has 2 aromatic rings. The normalized spacial score (nSPS) is 12.3. The van der Waals surface area contributed by atoms with Crippen molar-refractivity contribution in [1.29, 1.82) is 0 Å². The zero-order valence-electron chi connectivity index (χ0n) is 11.8. The molecule has 1 heterocycles. The number of ether oxygens (including phenoxy) is 1. The molecule has 0 spiro atoms. The van der Waals surface area contributed by atoms with Gasteiger partial charge in [-0.3, -0.25) is 4.79 Å². The minimum absolute atomic E-state index is 0.0239. The molecule has 5 heteroatoms. The monoisotopic (exact) mass is 276 g/mol. The summed E-state index contributed by atoms with van der Waals surface area (Å²) in [5, 5.41) is 3.79. The first kappa shape index (κ1) is 14.4. The molecule has 0 fully saturated rings. The van der Waals surface area contributed by atoms with E-state index >= 15 is 0 Å². The number of benzene rings is 1. The highest BCUT2D eigenvalue weighted by Crippen LogP contribution is 2.25. The zero-order chi connectivity index (χ0) is 14.5. The molecular formula is C15H20N2O3. The van der Waals surface area contributed by atoms with Crippen LogP contribution in [0.3, 0.4) is 0 Å². The Kier molecular flexibility index (Phi) is 4.63. The molecule has 0 aliphatic carbocycles. The first-order valence-electron chi connectivity index (χ1n) is 6.66. The maximum absolute atomic E-state index is 11.8. The Labute approximate surface area is 118 Å². The third-order valence-corrected chi connectivity index (χ3v) is 3.14. The summed E-state index contributed by atoms with van der Waals surface area (Å²) >= 11 is 0. The number of hydrogen-bond donors (Lipinski definition) is 2. The fourth-order valence-corrected chi connectivity index (χ4v) is 2.00. The summed E-state index contributed by atoms with van der Waals surface area (Å²) in [4.78, 5) is 11.8. The van der Waals surface area contributed by atoms with Crippen LogP contribution in [0.4, 0.5) is 0 Å². The van der Waals surface area contributed by atoms with Gasteiger partial charge >= 0.3 is 0 Å². The van der Waals surface area contributed by atoms with Crippen LogP contribution in [-0.4, -0.2) is 25.6 Å². The van der Waals surface area contributed by atoms with Gasteiger partial charge in [0.25, 0.3) is 0 Å². The number of nitrogens with one attached hydrogen (secondary N) is 1. The van der Waals surface area contributed by atoms with Crippen molar-refractivity contribution in [2.24, 2.45) is 5.73 Å². The molecular weight excluding hydrogens is 256 g/mol. The van der Waals surface area contributed by atoms with Crippen molar-refractivity contribution >= 4 is 16.9 Å². The highest BCUT2D eigenvalue weighted by molar-refractivity contribution is 5.88. The molecule has 1 amide bonds. The van der Waals surface area contributed by atoms with E-state index in [2.05, 4.69) is 5.32 Å². The minimum Gasteiger partial charge on any atom is -0.497 e. The SMILES string of the molecule is COc1ccc2c(CC(=O)NCCC(C)N)coc2c1. The lowest BCUT2D eigenvalue weighted by atomic mass is 10.1. The molecule has 5 nitrogen and oxygen atoms in total. The molecule has 3 N–H and O–H groups in total. The number of fused-ring (bicyclic) bond motifs is 1. The van der Waals surface area contributed by atoms with Crippen molar-refractivity contribution in [3.63, 3.8) is 0 Å². The van der Waals surface area contributed by atoms with Crippen LogP contribution in [0.2, 0.25) is 0 Å². The molecule has 0 aliphatic rings. The van der Waals surface area contributed by atoms with Crippen molar-refractivity contribution in [3.8, 4) is 5.75 Å². The van der Waals surface area contributed by atoms with Crippen LogP contribution in [-0.2, 0) is 11.2 Å². The van der Waals surface area contributed by atoms with E-state index in [0.29, 0.717) is 13.0 Å². The average Bonchev–Trinajstić information content (AvgIpc) is 2.80. The van der Waals surface area contributed by atoms with Crippen LogP contribution in [0.5, 0.6) is 5.75 Å². The van der Waals surface area contributed by atoms with Gasteiger partial charge in [0.1, 0.15) is 11.3 Å². The van der Waals surface area contributed by atoms with E-state index in [4.69, 9.17) is 14.9 Å². The maximum atomic E-state index is 11.8. The van der Waals surface area contributed by atoms with E-state index in [-0.39, 0.29) is 11.9 Å². The van der Waals surface area contributed by atoms with E-state index in [1.807, 2.05) is 25.1 Å². The van der Waals surface area contributed by atoms with Crippen molar-refractivity contribution in [2.75, 3.05) is 13.7 Å². The van der Waals surface area contributed by atoms with Gasteiger partial charge in [-0.15, -0.1) is 0 Å². The molecule has 0 aliphatic heterocycles. The smallest absolute Gasteiger partial charge is 0.224 e. The summed E-state index contributed by atoms with van der Waals surface area (Å²) in [7, 11) is 1.61. The fraction of sp³-hybridized carbons (Fsp3) is 0.400. The Hall–Kier alpha value is -2.01. The van der Waals surface area contributed by atoms with Gasteiger partial charge in [-0.2, -0.15) is 0 Å². The lowest BCUT2D eigenvalue weighted by Crippen LogP contribution is -2.29. The number of furan rings is 1. The van der Waals surface area contributed by atoms with Crippen molar-refractivity contribution in [3.05, 3.63) is 30.0 Å². The Bertz CT molecular complexity index is 590. The fourth-order valence-electron chi connectivity index (χ4n) is 2.00. The van der Waals surface area contributed by atoms with Crippen LogP contribution in [0, 0.1) is 0 Å². The van der Waals surface area contributed by atoms with Crippen LogP contribution in [0.25, 0.3) is 11.0 Å². The molecule has 1 unspecified atom stereocenters. The standard InChI is InChI=1S/C15H20N2O3/c1-10(16)5-6-17-15(18)7-11-9-20-14-8-12(19-2)3-4-13(11)14/h3-4,8-10H,5-7,16H2,1-2H3,(H,17,18). The number of carbonyl (C=O) groups is 1. The van der Waals surface area contributed by atoms with Gasteiger partial charge in [0.05, 0.1) is 19.8 Å². The molecule has 0 saturated heterocycles. The topological polar surface area (TPSA) is 77.5 Å². The number of methoxy groups -OCH3 is 1. The van der Waals surface area contributed by atoms with Gasteiger partial charge in [0, 0.05) is 29.6 Å². The third-order valence-electron chi connectivity index (χ3n) is 3.14. The van der Waals surface area contributed by atoms with Crippen LogP contribution in [0.15, 0.2) is 28.9 Å². The van der Waals surface area contributed by atoms with Crippen LogP contribution >= 0.6 is 0 Å². The Morgan fingerprint density at radius 3 is 3.00 bits per heavy atom. The summed E-state index contributed by atoms with van der Waals surface area (Å²) in [6.45, 7) is 2.52. The molecule has 1 atom stereocenters. The van der Waals surface area contributed by atoms with E-state index in [1.165, 1.54) is 0 Å². The van der Waals surface area contributed by atoms with E-state index < -0.39 is 0 Å². The van der Waals surface area contributed by atoms with Gasteiger partial charge in [-0.05, 0) is 25.5 Å². The van der Waals surface area contributed by atoms with Gasteiger partial charge < -0.3 is 20.2 Å². The van der Waals surface area contributed by atoms with Crippen LogP contribution < -0.4 is 15.8 Å². The summed E-state index contributed by atoms with van der Waals surface area (Å²) in [5.41, 5.74) is 7.24. The molecule has 20 heavy (non-hydrogen) atoms. The maximum Gasteiger partial charge on any atom is 0.224 e. The van der Waals surface area contributed by atoms with E-state index in [1.54, 1.807) is 13.4 Å². The van der Waals surface area contributed by atoms with Gasteiger partial charge in [0.2, 0.25) is 5.91 Å². The summed E-state index contributed by atoms with van der Waals surface area (Å²) < 4.78 is 10.6. The number of amides is 1. The second kappa shape index (κ2) is 6.43. The van der Waals surface area contributed by atoms with Gasteiger partial charge in [0.15, 0.2) is 0 Å². The van der Waals surface area contributed by atoms with Crippen LogP contribution in [0.1, 0.15) is 18.9 Å². The molecule has 0 radical (unpaired) electrons. The van der Waals surface area contributed by atoms with E-state index in [0.717, 1.165) is 28.7 Å². The Morgan fingerprint density at radius 2 is 2.30 bits per heavy atom. The first-order chi connectivity index (χ1) is 9.60. The molecule has 0 saturated carbocycles. The number of rotatable bonds is 6. The van der Waals surface area contributed by atoms with Crippen molar-refractivity contribution in [1.82, 2.24) is 5.32 Å². The summed E-state index contributed by atoms with van der Waals surface area (Å²) in [6, 6.07) is 5.67. The second-order valence-corrected chi connectivity index (χ2v) is 4.92. The number of nitrogens with two attached hydrogens (primary N) is 1. The highest BCUT2D eigenvalue weighted by Gasteiger charge is 2.11. The number of carbonyl (C=O) groups excluding carboxylic acids is 1. The third kappa shape index (κ3) is 3.51. The molecule has 1 aromatic heterocycles. The summed E-state index contributed by atoms with van der Waals surface area (Å²) in [5.74, 6) is 0.712. The zero-order valence-corrected chi connectivity index (χ0v) is 11.8. The lowest BCUT2D eigenvalue weighted by Gasteiger charge is -2.06. The number of hydrogen-bond acceptors (Lipinski definition) is 4. The van der Waals surface area contributed by atoms with E-state index in [9.17, 15) is 4.79 Å². The quantitative estimate of drug-likeness (QED) is 0.844. The Balaban J connectivity index is 2.01. The lowest BCUT2D eigenvalue weighted by molar-refractivity contribution is -0.120. The van der Waals surface area contributed by atoms with Gasteiger partial charge in [-0.1, -0.05) is 0 Å². The minimum atomic E-state index is -0.0239. The Morgan fingerprint density at radius 1 is 1.50 bits per heavy atom. The molecule has 2 rings (SSSR count). The predicted molar refractivity (Wildman–Crippen MR) is 77.7 cm³/mol. The molecule has 0 bridgehead atoms. The largest absolute Gasteiger partial charge is 0.497 e. The van der Waals surface area contributed by atoms with Crippen molar-refractivity contribution < 1.29 is 13.9 Å². The molecule has 108 valence electrons. The van der Waals surface area contributed by atoms with Gasteiger partial charge in [-0.25, -0.2) is 0 Å². The first-order valence-corrected chi connectivity index (χ1v) is 6.66. The van der Waals surface area contributed by atoms with Crippen molar-refractivity contribution in [2.45, 2.75) is 25.8 Å². The second-order valence-electron chi connectivity index (χ2n) is 4.92. The predicted octanol–water partition coefficient (Wildman–Crippen LogP) is 1.84. The summed E-state index contributed by atoms with van der Waals surface area (Å²) in [6.07, 6.45) is 2.70.